The molecule has 2 amide bonds. The number of fused-ring (bicyclic) bond motifs is 1. The van der Waals surface area contributed by atoms with Gasteiger partial charge in [-0.05, 0) is 23.6 Å². The van der Waals surface area contributed by atoms with Crippen molar-refractivity contribution in [3.63, 3.8) is 0 Å². The summed E-state index contributed by atoms with van der Waals surface area (Å²) in [6, 6.07) is 17.0. The molecule has 2 aromatic rings. The number of hydrogen-bond donors (Lipinski definition) is 3. The number of benzene rings is 2. The molecule has 1 atom stereocenters. The summed E-state index contributed by atoms with van der Waals surface area (Å²) >= 11 is 0. The van der Waals surface area contributed by atoms with Crippen LogP contribution in [0.2, 0.25) is 0 Å². The molecule has 5 heteroatoms. The molecule has 0 aromatic heterocycles. The maximum absolute atomic E-state index is 12.0. The number of hydrogen-bond acceptors (Lipinski definition) is 3. The summed E-state index contributed by atoms with van der Waals surface area (Å²) in [5.74, 6) is -1.43. The molecule has 25 heavy (non-hydrogen) atoms. The van der Waals surface area contributed by atoms with Gasteiger partial charge in [0.1, 0.15) is 0 Å². The summed E-state index contributed by atoms with van der Waals surface area (Å²) in [6.07, 6.45) is 0.955. The second kappa shape index (κ2) is 7.07. The van der Waals surface area contributed by atoms with Gasteiger partial charge in [0.2, 0.25) is 0 Å². The molecule has 1 aliphatic carbocycles. The first-order valence-electron chi connectivity index (χ1n) is 8.40. The average Bonchev–Trinajstić information content (AvgIpc) is 2.96. The molecule has 3 rings (SSSR count). The van der Waals surface area contributed by atoms with E-state index in [2.05, 4.69) is 10.6 Å². The van der Waals surface area contributed by atoms with Crippen molar-refractivity contribution in [3.05, 3.63) is 71.3 Å². The Morgan fingerprint density at radius 1 is 1.00 bits per heavy atom. The summed E-state index contributed by atoms with van der Waals surface area (Å²) in [7, 11) is 0. The van der Waals surface area contributed by atoms with E-state index >= 15 is 0 Å². The van der Waals surface area contributed by atoms with Crippen molar-refractivity contribution in [1.29, 1.82) is 0 Å². The van der Waals surface area contributed by atoms with Crippen molar-refractivity contribution in [3.8, 4) is 0 Å². The van der Waals surface area contributed by atoms with E-state index in [-0.39, 0.29) is 12.6 Å². The predicted molar refractivity (Wildman–Crippen MR) is 94.8 cm³/mol. The molecule has 0 bridgehead atoms. The minimum atomic E-state index is -1.04. The summed E-state index contributed by atoms with van der Waals surface area (Å²) in [4.78, 5) is 24.1. The van der Waals surface area contributed by atoms with E-state index in [0.29, 0.717) is 12.8 Å². The highest BCUT2D eigenvalue weighted by Crippen LogP contribution is 2.29. The third-order valence-electron chi connectivity index (χ3n) is 4.59. The molecule has 1 aliphatic rings. The zero-order valence-electron chi connectivity index (χ0n) is 14.2. The van der Waals surface area contributed by atoms with Crippen LogP contribution < -0.4 is 10.6 Å². The zero-order valence-corrected chi connectivity index (χ0v) is 14.2. The fourth-order valence-corrected chi connectivity index (χ4v) is 3.21. The number of carbonyl (C=O) groups excluding carboxylic acids is 2. The van der Waals surface area contributed by atoms with Gasteiger partial charge < -0.3 is 15.7 Å². The molecule has 0 saturated heterocycles. The molecule has 0 spiro atoms. The van der Waals surface area contributed by atoms with E-state index in [1.165, 1.54) is 0 Å². The maximum Gasteiger partial charge on any atom is 0.309 e. The molecular formula is C20H22N2O3. The van der Waals surface area contributed by atoms with Gasteiger partial charge in [-0.1, -0.05) is 54.6 Å². The van der Waals surface area contributed by atoms with Gasteiger partial charge >= 0.3 is 11.8 Å². The summed E-state index contributed by atoms with van der Waals surface area (Å²) in [5, 5.41) is 15.9. The van der Waals surface area contributed by atoms with E-state index in [9.17, 15) is 14.7 Å². The Labute approximate surface area is 147 Å². The summed E-state index contributed by atoms with van der Waals surface area (Å²) in [5.41, 5.74) is 2.06. The number of amides is 2. The van der Waals surface area contributed by atoms with E-state index in [1.54, 1.807) is 0 Å². The highest BCUT2D eigenvalue weighted by Gasteiger charge is 2.35. The van der Waals surface area contributed by atoms with E-state index in [0.717, 1.165) is 16.7 Å². The lowest BCUT2D eigenvalue weighted by molar-refractivity contribution is -0.140. The predicted octanol–water partition coefficient (Wildman–Crippen LogP) is 1.51. The second-order valence-corrected chi connectivity index (χ2v) is 6.64. The van der Waals surface area contributed by atoms with Gasteiger partial charge in [-0.15, -0.1) is 0 Å². The van der Waals surface area contributed by atoms with Gasteiger partial charge in [-0.25, -0.2) is 0 Å². The molecule has 2 aromatic carbocycles. The lowest BCUT2D eigenvalue weighted by Crippen LogP contribution is -2.48. The van der Waals surface area contributed by atoms with Crippen LogP contribution in [0.5, 0.6) is 0 Å². The van der Waals surface area contributed by atoms with Gasteiger partial charge in [0.05, 0.1) is 11.6 Å². The topological polar surface area (TPSA) is 78.4 Å². The third-order valence-corrected chi connectivity index (χ3v) is 4.59. The molecule has 130 valence electrons. The standard InChI is InChI=1S/C20H22N2O3/c1-14(15-7-3-2-4-8-15)22-19(24)18(23)21-13-20(25)11-16-9-5-6-10-17(16)12-20/h2-10,14,25H,11-13H2,1H3,(H,21,23)(H,22,24)/t14-/m1/s1. The summed E-state index contributed by atoms with van der Waals surface area (Å²) < 4.78 is 0. The van der Waals surface area contributed by atoms with Crippen LogP contribution >= 0.6 is 0 Å². The molecule has 0 saturated carbocycles. The van der Waals surface area contributed by atoms with Crippen molar-refractivity contribution in [2.45, 2.75) is 31.4 Å². The van der Waals surface area contributed by atoms with Gasteiger partial charge in [0.25, 0.3) is 0 Å². The Kier molecular flexibility index (Phi) is 4.86. The zero-order chi connectivity index (χ0) is 17.9. The Morgan fingerprint density at radius 2 is 1.56 bits per heavy atom. The first-order chi connectivity index (χ1) is 12.0. The number of rotatable bonds is 4. The fourth-order valence-electron chi connectivity index (χ4n) is 3.21. The Balaban J connectivity index is 1.52. The Morgan fingerprint density at radius 3 is 2.16 bits per heavy atom. The Bertz CT molecular complexity index is 749. The first-order valence-corrected chi connectivity index (χ1v) is 8.40. The highest BCUT2D eigenvalue weighted by molar-refractivity contribution is 6.35. The summed E-state index contributed by atoms with van der Waals surface area (Å²) in [6.45, 7) is 1.87. The van der Waals surface area contributed by atoms with Gasteiger partial charge in [0.15, 0.2) is 0 Å². The fraction of sp³-hybridized carbons (Fsp3) is 0.300. The van der Waals surface area contributed by atoms with Crippen LogP contribution in [0, 0.1) is 0 Å². The molecule has 0 fully saturated rings. The lowest BCUT2D eigenvalue weighted by atomic mass is 10.0. The SMILES string of the molecule is C[C@@H](NC(=O)C(=O)NCC1(O)Cc2ccccc2C1)c1ccccc1. The normalized spacial score (nSPS) is 15.9. The molecule has 0 radical (unpaired) electrons. The van der Waals surface area contributed by atoms with E-state index < -0.39 is 17.4 Å². The minimum Gasteiger partial charge on any atom is -0.387 e. The average molecular weight is 338 g/mol. The monoisotopic (exact) mass is 338 g/mol. The van der Waals surface area contributed by atoms with E-state index in [4.69, 9.17) is 0 Å². The Hall–Kier alpha value is -2.66. The van der Waals surface area contributed by atoms with Crippen molar-refractivity contribution < 1.29 is 14.7 Å². The minimum absolute atomic E-state index is 0.0493. The highest BCUT2D eigenvalue weighted by atomic mass is 16.3. The quantitative estimate of drug-likeness (QED) is 0.740. The smallest absolute Gasteiger partial charge is 0.309 e. The van der Waals surface area contributed by atoms with Crippen LogP contribution in [0.3, 0.4) is 0 Å². The number of nitrogens with one attached hydrogen (secondary N) is 2. The number of carbonyl (C=O) groups is 2. The molecule has 0 aliphatic heterocycles. The molecule has 5 nitrogen and oxygen atoms in total. The largest absolute Gasteiger partial charge is 0.387 e. The number of aliphatic hydroxyl groups is 1. The maximum atomic E-state index is 12.0. The van der Waals surface area contributed by atoms with E-state index in [1.807, 2.05) is 61.5 Å². The first kappa shape index (κ1) is 17.2. The van der Waals surface area contributed by atoms with Crippen LogP contribution in [-0.2, 0) is 22.4 Å². The van der Waals surface area contributed by atoms with Gasteiger partial charge in [0, 0.05) is 19.4 Å². The van der Waals surface area contributed by atoms with Crippen LogP contribution in [0.15, 0.2) is 54.6 Å². The van der Waals surface area contributed by atoms with Gasteiger partial charge in [-0.2, -0.15) is 0 Å². The van der Waals surface area contributed by atoms with Crippen LogP contribution in [0.4, 0.5) is 0 Å². The van der Waals surface area contributed by atoms with Crippen molar-refractivity contribution in [2.75, 3.05) is 6.54 Å². The van der Waals surface area contributed by atoms with Crippen molar-refractivity contribution >= 4 is 11.8 Å². The molecule has 3 N–H and O–H groups in total. The molecule has 0 heterocycles. The second-order valence-electron chi connectivity index (χ2n) is 6.64. The third kappa shape index (κ3) is 4.06. The van der Waals surface area contributed by atoms with Crippen LogP contribution in [0.1, 0.15) is 29.7 Å². The molecule has 0 unspecified atom stereocenters. The van der Waals surface area contributed by atoms with Crippen LogP contribution in [-0.4, -0.2) is 29.1 Å². The van der Waals surface area contributed by atoms with Crippen LogP contribution in [0.25, 0.3) is 0 Å². The van der Waals surface area contributed by atoms with Gasteiger partial charge in [-0.3, -0.25) is 9.59 Å². The van der Waals surface area contributed by atoms with Crippen molar-refractivity contribution in [1.82, 2.24) is 10.6 Å². The molecular weight excluding hydrogens is 316 g/mol. The van der Waals surface area contributed by atoms with Crippen molar-refractivity contribution in [2.24, 2.45) is 0 Å². The lowest BCUT2D eigenvalue weighted by Gasteiger charge is -2.22.